The maximum atomic E-state index is 4.95. The lowest BCUT2D eigenvalue weighted by Gasteiger charge is -2.22. The Morgan fingerprint density at radius 3 is 3.00 bits per heavy atom. The molecule has 4 nitrogen and oxygen atoms in total. The molecule has 0 unspecified atom stereocenters. The van der Waals surface area contributed by atoms with Gasteiger partial charge in [-0.15, -0.1) is 0 Å². The Kier molecular flexibility index (Phi) is 2.65. The van der Waals surface area contributed by atoms with E-state index < -0.39 is 0 Å². The van der Waals surface area contributed by atoms with Gasteiger partial charge >= 0.3 is 0 Å². The highest BCUT2D eigenvalue weighted by Gasteiger charge is 2.18. The van der Waals surface area contributed by atoms with Crippen LogP contribution in [0.3, 0.4) is 0 Å². The molecule has 0 spiro atoms. The van der Waals surface area contributed by atoms with E-state index in [0.717, 1.165) is 19.5 Å². The lowest BCUT2D eigenvalue weighted by Crippen LogP contribution is -2.33. The molecule has 1 aliphatic rings. The zero-order chi connectivity index (χ0) is 7.40. The lowest BCUT2D eigenvalue weighted by molar-refractivity contribution is -0.0569. The van der Waals surface area contributed by atoms with Crippen LogP contribution in [0.4, 0.5) is 0 Å². The first-order valence-corrected chi connectivity index (χ1v) is 3.36. The van der Waals surface area contributed by atoms with Gasteiger partial charge in [-0.25, -0.2) is 5.12 Å². The summed E-state index contributed by atoms with van der Waals surface area (Å²) in [6.45, 7) is 6.05. The van der Waals surface area contributed by atoms with Crippen LogP contribution < -0.4 is 0 Å². The summed E-state index contributed by atoms with van der Waals surface area (Å²) in [5, 5.41) is 7.67. The summed E-state index contributed by atoms with van der Waals surface area (Å²) in [7, 11) is 1.68. The van der Waals surface area contributed by atoms with Crippen molar-refractivity contribution < 1.29 is 4.74 Å². The Bertz CT molecular complexity index is 118. The molecule has 0 saturated carbocycles. The number of hydrazine groups is 1. The van der Waals surface area contributed by atoms with Crippen LogP contribution in [0.5, 0.6) is 0 Å². The molecule has 0 aromatic carbocycles. The van der Waals surface area contributed by atoms with Crippen LogP contribution in [-0.4, -0.2) is 43.8 Å². The fourth-order valence-electron chi connectivity index (χ4n) is 1.09. The van der Waals surface area contributed by atoms with Crippen LogP contribution in [0, 0.1) is 0 Å². The van der Waals surface area contributed by atoms with Gasteiger partial charge in [0.25, 0.3) is 0 Å². The summed E-state index contributed by atoms with van der Waals surface area (Å²) in [6.07, 6.45) is 1.14. The molecule has 1 heterocycles. The summed E-state index contributed by atoms with van der Waals surface area (Å²) in [4.78, 5) is 0. The van der Waals surface area contributed by atoms with Gasteiger partial charge < -0.3 is 4.74 Å². The van der Waals surface area contributed by atoms with E-state index in [1.807, 2.05) is 10.1 Å². The maximum absolute atomic E-state index is 4.95. The van der Waals surface area contributed by atoms with Gasteiger partial charge in [0.05, 0.1) is 6.54 Å². The third-order valence-corrected chi connectivity index (χ3v) is 1.54. The predicted molar refractivity (Wildman–Crippen MR) is 39.5 cm³/mol. The Morgan fingerprint density at radius 1 is 1.60 bits per heavy atom. The van der Waals surface area contributed by atoms with Crippen molar-refractivity contribution >= 4 is 6.72 Å². The van der Waals surface area contributed by atoms with Crippen LogP contribution >= 0.6 is 0 Å². The fraction of sp³-hybridized carbons (Fsp3) is 0.833. The minimum atomic E-state index is 0.610. The molecular weight excluding hydrogens is 130 g/mol. The summed E-state index contributed by atoms with van der Waals surface area (Å²) in [6, 6.07) is 0. The molecule has 4 heteroatoms. The highest BCUT2D eigenvalue weighted by atomic mass is 16.5. The normalized spacial score (nSPS) is 19.9. The van der Waals surface area contributed by atoms with Crippen molar-refractivity contribution in [2.45, 2.75) is 6.42 Å². The number of hydrogen-bond donors (Lipinski definition) is 0. The van der Waals surface area contributed by atoms with E-state index in [1.165, 1.54) is 0 Å². The minimum Gasteiger partial charge on any atom is -0.368 e. The van der Waals surface area contributed by atoms with Gasteiger partial charge in [0.15, 0.2) is 0 Å². The second-order valence-electron chi connectivity index (χ2n) is 2.24. The van der Waals surface area contributed by atoms with E-state index in [4.69, 9.17) is 4.74 Å². The van der Waals surface area contributed by atoms with Crippen molar-refractivity contribution in [3.05, 3.63) is 0 Å². The number of nitrogens with zero attached hydrogens (tertiary/aromatic N) is 3. The van der Waals surface area contributed by atoms with Gasteiger partial charge in [0, 0.05) is 20.4 Å². The largest absolute Gasteiger partial charge is 0.368 e. The quantitative estimate of drug-likeness (QED) is 0.526. The molecule has 0 N–H and O–H groups in total. The molecule has 1 aliphatic heterocycles. The van der Waals surface area contributed by atoms with E-state index in [2.05, 4.69) is 11.8 Å². The van der Waals surface area contributed by atoms with Crippen LogP contribution in [0.2, 0.25) is 0 Å². The molecular formula is C6H13N3O. The van der Waals surface area contributed by atoms with Gasteiger partial charge in [0.1, 0.15) is 6.73 Å². The zero-order valence-corrected chi connectivity index (χ0v) is 6.29. The number of ether oxygens (including phenoxy) is 1. The van der Waals surface area contributed by atoms with Gasteiger partial charge in [-0.2, -0.15) is 10.1 Å². The maximum Gasteiger partial charge on any atom is 0.117 e. The van der Waals surface area contributed by atoms with Crippen molar-refractivity contribution in [3.8, 4) is 0 Å². The summed E-state index contributed by atoms with van der Waals surface area (Å²) >= 11 is 0. The third kappa shape index (κ3) is 1.46. The Balaban J connectivity index is 2.34. The number of hydrogen-bond acceptors (Lipinski definition) is 4. The molecule has 0 aromatic rings. The Morgan fingerprint density at radius 2 is 2.40 bits per heavy atom. The molecule has 0 radical (unpaired) electrons. The molecule has 0 atom stereocenters. The smallest absolute Gasteiger partial charge is 0.117 e. The van der Waals surface area contributed by atoms with Crippen LogP contribution in [0.25, 0.3) is 0 Å². The number of rotatable bonds is 3. The monoisotopic (exact) mass is 143 g/mol. The van der Waals surface area contributed by atoms with E-state index in [0.29, 0.717) is 6.73 Å². The second-order valence-corrected chi connectivity index (χ2v) is 2.24. The van der Waals surface area contributed by atoms with Crippen molar-refractivity contribution in [1.82, 2.24) is 10.1 Å². The summed E-state index contributed by atoms with van der Waals surface area (Å²) in [5.74, 6) is 0. The summed E-state index contributed by atoms with van der Waals surface area (Å²) < 4.78 is 4.95. The number of methoxy groups -OCH3 is 1. The first-order chi connectivity index (χ1) is 4.88. The predicted octanol–water partition coefficient (Wildman–Crippen LogP) is 0.129. The first-order valence-electron chi connectivity index (χ1n) is 3.36. The average molecular weight is 143 g/mol. The molecule has 58 valence electrons. The third-order valence-electron chi connectivity index (χ3n) is 1.54. The topological polar surface area (TPSA) is 28.1 Å². The second kappa shape index (κ2) is 3.53. The van der Waals surface area contributed by atoms with Crippen LogP contribution in [0.1, 0.15) is 6.42 Å². The molecule has 1 rings (SSSR count). The standard InChI is InChI=1S/C6H13N3O/c1-7-9-5-3-4-8(9)6-10-2/h1,3-6H2,2H3. The van der Waals surface area contributed by atoms with E-state index in [-0.39, 0.29) is 0 Å². The SMILES string of the molecule is C=NN1CCCN1COC. The fourth-order valence-corrected chi connectivity index (χ4v) is 1.09. The van der Waals surface area contributed by atoms with Gasteiger partial charge in [-0.1, -0.05) is 0 Å². The minimum absolute atomic E-state index is 0.610. The molecule has 1 saturated heterocycles. The van der Waals surface area contributed by atoms with Crippen molar-refractivity contribution in [2.75, 3.05) is 26.9 Å². The van der Waals surface area contributed by atoms with Gasteiger partial charge in [0.2, 0.25) is 0 Å². The van der Waals surface area contributed by atoms with Crippen molar-refractivity contribution in [2.24, 2.45) is 5.10 Å². The number of hydrazone groups is 1. The van der Waals surface area contributed by atoms with Crippen molar-refractivity contribution in [3.63, 3.8) is 0 Å². The highest BCUT2D eigenvalue weighted by molar-refractivity contribution is 5.22. The molecule has 1 fully saturated rings. The highest BCUT2D eigenvalue weighted by Crippen LogP contribution is 2.08. The molecule has 0 aliphatic carbocycles. The first kappa shape index (κ1) is 7.50. The van der Waals surface area contributed by atoms with Gasteiger partial charge in [-0.3, -0.25) is 0 Å². The van der Waals surface area contributed by atoms with E-state index in [9.17, 15) is 0 Å². The Hall–Kier alpha value is -0.610. The van der Waals surface area contributed by atoms with Gasteiger partial charge in [-0.05, 0) is 6.42 Å². The van der Waals surface area contributed by atoms with E-state index in [1.54, 1.807) is 7.11 Å². The lowest BCUT2D eigenvalue weighted by atomic mass is 10.5. The zero-order valence-electron chi connectivity index (χ0n) is 6.29. The molecule has 0 amide bonds. The molecule has 0 bridgehead atoms. The van der Waals surface area contributed by atoms with Crippen LogP contribution in [0.15, 0.2) is 5.10 Å². The molecule has 0 aromatic heterocycles. The Labute approximate surface area is 61.0 Å². The average Bonchev–Trinajstić information content (AvgIpc) is 2.36. The van der Waals surface area contributed by atoms with E-state index >= 15 is 0 Å². The summed E-state index contributed by atoms with van der Waals surface area (Å²) in [5.41, 5.74) is 0. The van der Waals surface area contributed by atoms with Crippen molar-refractivity contribution in [1.29, 1.82) is 0 Å². The van der Waals surface area contributed by atoms with Crippen LogP contribution in [-0.2, 0) is 4.74 Å². The molecule has 10 heavy (non-hydrogen) atoms.